The molecule has 84 valence electrons. The monoisotopic (exact) mass is 217 g/mol. The van der Waals surface area contributed by atoms with Gasteiger partial charge in [0.15, 0.2) is 0 Å². The van der Waals surface area contributed by atoms with Gasteiger partial charge in [0.25, 0.3) is 0 Å². The number of ether oxygens (including phenoxy) is 1. The van der Waals surface area contributed by atoms with Crippen LogP contribution in [0.3, 0.4) is 0 Å². The minimum Gasteiger partial charge on any atom is -0.449 e. The maximum Gasteiger partial charge on any atom is 0.418 e. The Morgan fingerprint density at radius 1 is 1.31 bits per heavy atom. The summed E-state index contributed by atoms with van der Waals surface area (Å²) in [4.78, 5) is 11.7. The Morgan fingerprint density at radius 3 is 2.94 bits per heavy atom. The van der Waals surface area contributed by atoms with Crippen LogP contribution in [0.2, 0.25) is 0 Å². The van der Waals surface area contributed by atoms with Crippen LogP contribution in [0.15, 0.2) is 36.5 Å². The summed E-state index contributed by atoms with van der Waals surface area (Å²) in [6.45, 7) is 2.56. The highest BCUT2D eigenvalue weighted by Gasteiger charge is 2.08. The molecule has 0 fully saturated rings. The van der Waals surface area contributed by atoms with Crippen molar-refractivity contribution in [3.8, 4) is 0 Å². The Hall–Kier alpha value is -1.77. The summed E-state index contributed by atoms with van der Waals surface area (Å²) in [6.07, 6.45) is 3.39. The van der Waals surface area contributed by atoms with Crippen LogP contribution in [0.25, 0.3) is 10.9 Å². The average Bonchev–Trinajstić information content (AvgIpc) is 2.73. The highest BCUT2D eigenvalue weighted by atomic mass is 16.5. The van der Waals surface area contributed by atoms with Crippen molar-refractivity contribution >= 4 is 17.0 Å². The van der Waals surface area contributed by atoms with E-state index in [1.807, 2.05) is 30.3 Å². The van der Waals surface area contributed by atoms with E-state index >= 15 is 0 Å². The van der Waals surface area contributed by atoms with Crippen molar-refractivity contribution in [1.82, 2.24) is 4.57 Å². The van der Waals surface area contributed by atoms with Crippen molar-refractivity contribution in [3.63, 3.8) is 0 Å². The van der Waals surface area contributed by atoms with E-state index in [0.29, 0.717) is 6.61 Å². The lowest BCUT2D eigenvalue weighted by molar-refractivity contribution is 0.147. The highest BCUT2D eigenvalue weighted by molar-refractivity contribution is 5.89. The molecule has 0 N–H and O–H groups in total. The lowest BCUT2D eigenvalue weighted by Crippen LogP contribution is -2.13. The molecule has 2 rings (SSSR count). The maximum absolute atomic E-state index is 11.7. The molecule has 1 aromatic heterocycles. The van der Waals surface area contributed by atoms with E-state index in [0.717, 1.165) is 23.7 Å². The first-order valence-corrected chi connectivity index (χ1v) is 5.56. The van der Waals surface area contributed by atoms with Crippen LogP contribution in [0.5, 0.6) is 0 Å². The van der Waals surface area contributed by atoms with E-state index in [9.17, 15) is 4.79 Å². The van der Waals surface area contributed by atoms with Gasteiger partial charge in [-0.15, -0.1) is 0 Å². The summed E-state index contributed by atoms with van der Waals surface area (Å²) in [6, 6.07) is 9.67. The Morgan fingerprint density at radius 2 is 2.12 bits per heavy atom. The van der Waals surface area contributed by atoms with Gasteiger partial charge in [-0.05, 0) is 18.6 Å². The molecule has 0 bridgehead atoms. The number of carbonyl (C=O) groups excluding carboxylic acids is 1. The molecule has 0 atom stereocenters. The van der Waals surface area contributed by atoms with Crippen LogP contribution < -0.4 is 0 Å². The zero-order valence-electron chi connectivity index (χ0n) is 9.35. The smallest absolute Gasteiger partial charge is 0.418 e. The molecule has 16 heavy (non-hydrogen) atoms. The molecule has 0 aliphatic heterocycles. The zero-order valence-corrected chi connectivity index (χ0v) is 9.35. The van der Waals surface area contributed by atoms with Crippen LogP contribution in [-0.4, -0.2) is 17.3 Å². The Bertz CT molecular complexity index is 487. The third kappa shape index (κ3) is 2.08. The third-order valence-electron chi connectivity index (χ3n) is 2.52. The summed E-state index contributed by atoms with van der Waals surface area (Å²) >= 11 is 0. The normalized spacial score (nSPS) is 10.6. The van der Waals surface area contributed by atoms with Gasteiger partial charge < -0.3 is 4.74 Å². The van der Waals surface area contributed by atoms with Gasteiger partial charge in [0.2, 0.25) is 0 Å². The minimum absolute atomic E-state index is 0.297. The van der Waals surface area contributed by atoms with E-state index in [1.165, 1.54) is 0 Å². The van der Waals surface area contributed by atoms with Gasteiger partial charge in [-0.1, -0.05) is 31.5 Å². The second-order valence-electron chi connectivity index (χ2n) is 3.71. The van der Waals surface area contributed by atoms with Gasteiger partial charge in [0, 0.05) is 11.6 Å². The molecule has 3 nitrogen and oxygen atoms in total. The predicted molar refractivity (Wildman–Crippen MR) is 63.6 cm³/mol. The van der Waals surface area contributed by atoms with Crippen LogP contribution >= 0.6 is 0 Å². The summed E-state index contributed by atoms with van der Waals surface area (Å²) in [7, 11) is 0. The number of hydrogen-bond donors (Lipinski definition) is 0. The van der Waals surface area contributed by atoms with Crippen molar-refractivity contribution in [2.75, 3.05) is 6.61 Å². The Balaban J connectivity index is 2.17. The number of aromatic nitrogens is 1. The van der Waals surface area contributed by atoms with E-state index in [-0.39, 0.29) is 6.09 Å². The number of para-hydroxylation sites is 1. The third-order valence-corrected chi connectivity index (χ3v) is 2.52. The summed E-state index contributed by atoms with van der Waals surface area (Å²) in [5.74, 6) is 0. The lowest BCUT2D eigenvalue weighted by Gasteiger charge is -2.05. The topological polar surface area (TPSA) is 31.2 Å². The number of benzene rings is 1. The molecule has 0 spiro atoms. The predicted octanol–water partition coefficient (Wildman–Crippen LogP) is 3.43. The van der Waals surface area contributed by atoms with Crippen LogP contribution in [0, 0.1) is 0 Å². The second-order valence-corrected chi connectivity index (χ2v) is 3.71. The Kier molecular flexibility index (Phi) is 3.25. The average molecular weight is 217 g/mol. The molecule has 0 amide bonds. The maximum atomic E-state index is 11.7. The summed E-state index contributed by atoms with van der Waals surface area (Å²) in [5, 5.41) is 1.05. The zero-order chi connectivity index (χ0) is 11.4. The van der Waals surface area contributed by atoms with Crippen LogP contribution in [0.4, 0.5) is 4.79 Å². The summed E-state index contributed by atoms with van der Waals surface area (Å²) < 4.78 is 6.71. The molecule has 2 aromatic rings. The molecule has 0 aliphatic rings. The first-order chi connectivity index (χ1) is 7.83. The fraction of sp³-hybridized carbons (Fsp3) is 0.308. The molecule has 1 heterocycles. The molecule has 0 radical (unpaired) electrons. The molecule has 0 unspecified atom stereocenters. The van der Waals surface area contributed by atoms with E-state index in [2.05, 4.69) is 6.92 Å². The fourth-order valence-electron chi connectivity index (χ4n) is 1.62. The quantitative estimate of drug-likeness (QED) is 0.737. The standard InChI is InChI=1S/C13H15NO2/c1-2-3-10-16-13(15)14-9-8-11-6-4-5-7-12(11)14/h4-9H,2-3,10H2,1H3. The van der Waals surface area contributed by atoms with Gasteiger partial charge in [-0.25, -0.2) is 4.79 Å². The van der Waals surface area contributed by atoms with Gasteiger partial charge in [-0.2, -0.15) is 0 Å². The van der Waals surface area contributed by atoms with Crippen molar-refractivity contribution in [3.05, 3.63) is 36.5 Å². The molecular weight excluding hydrogens is 202 g/mol. The van der Waals surface area contributed by atoms with Gasteiger partial charge in [-0.3, -0.25) is 4.57 Å². The second kappa shape index (κ2) is 4.84. The van der Waals surface area contributed by atoms with E-state index < -0.39 is 0 Å². The Labute approximate surface area is 94.6 Å². The number of fused-ring (bicyclic) bond motifs is 1. The van der Waals surface area contributed by atoms with Crippen LogP contribution in [-0.2, 0) is 4.74 Å². The SMILES string of the molecule is CCCCOC(=O)n1ccc2ccccc21. The highest BCUT2D eigenvalue weighted by Crippen LogP contribution is 2.15. The number of unbranched alkanes of at least 4 members (excludes halogenated alkanes) is 1. The van der Waals surface area contributed by atoms with Crippen molar-refractivity contribution in [2.24, 2.45) is 0 Å². The molecule has 0 saturated carbocycles. The fourth-order valence-corrected chi connectivity index (χ4v) is 1.62. The number of carbonyl (C=O) groups is 1. The van der Waals surface area contributed by atoms with E-state index in [4.69, 9.17) is 4.74 Å². The first-order valence-electron chi connectivity index (χ1n) is 5.56. The van der Waals surface area contributed by atoms with E-state index in [1.54, 1.807) is 10.8 Å². The molecule has 3 heteroatoms. The lowest BCUT2D eigenvalue weighted by atomic mass is 10.2. The summed E-state index contributed by atoms with van der Waals surface area (Å²) in [5.41, 5.74) is 0.893. The minimum atomic E-state index is -0.297. The first kappa shape index (κ1) is 10.7. The van der Waals surface area contributed by atoms with Crippen molar-refractivity contribution in [2.45, 2.75) is 19.8 Å². The number of rotatable bonds is 3. The molecule has 0 saturated heterocycles. The molecular formula is C13H15NO2. The van der Waals surface area contributed by atoms with Crippen LogP contribution in [0.1, 0.15) is 19.8 Å². The largest absolute Gasteiger partial charge is 0.449 e. The molecule has 0 aliphatic carbocycles. The van der Waals surface area contributed by atoms with Crippen molar-refractivity contribution < 1.29 is 9.53 Å². The van der Waals surface area contributed by atoms with Gasteiger partial charge in [0.05, 0.1) is 12.1 Å². The number of nitrogens with zero attached hydrogens (tertiary/aromatic N) is 1. The van der Waals surface area contributed by atoms with Crippen molar-refractivity contribution in [1.29, 1.82) is 0 Å². The van der Waals surface area contributed by atoms with Gasteiger partial charge in [0.1, 0.15) is 0 Å². The van der Waals surface area contributed by atoms with Gasteiger partial charge >= 0.3 is 6.09 Å². The number of hydrogen-bond acceptors (Lipinski definition) is 2. The molecule has 1 aromatic carbocycles.